The summed E-state index contributed by atoms with van der Waals surface area (Å²) in [5.74, 6) is -2.01. The molecule has 3 N–H and O–H groups in total. The van der Waals surface area contributed by atoms with Crippen molar-refractivity contribution in [3.63, 3.8) is 0 Å². The lowest BCUT2D eigenvalue weighted by Gasteiger charge is -2.09. The first kappa shape index (κ1) is 18.7. The Hall–Kier alpha value is -3.68. The molecule has 0 aliphatic heterocycles. The summed E-state index contributed by atoms with van der Waals surface area (Å²) < 4.78 is 10.4. The molecule has 8 heteroatoms. The Morgan fingerprint density at radius 2 is 1.81 bits per heavy atom. The molecule has 2 rings (SSSR count). The molecule has 2 aromatic carbocycles. The van der Waals surface area contributed by atoms with Crippen LogP contribution in [0, 0.1) is 0 Å². The van der Waals surface area contributed by atoms with E-state index in [1.54, 1.807) is 48.5 Å². The van der Waals surface area contributed by atoms with Crippen molar-refractivity contribution in [3.8, 4) is 5.75 Å². The Morgan fingerprint density at radius 1 is 1.12 bits per heavy atom. The Morgan fingerprint density at radius 3 is 2.46 bits per heavy atom. The Bertz CT molecular complexity index is 831. The Labute approximate surface area is 149 Å². The van der Waals surface area contributed by atoms with Gasteiger partial charge in [-0.05, 0) is 29.8 Å². The maximum atomic E-state index is 11.4. The minimum Gasteiger partial charge on any atom is -0.488 e. The number of hydrogen-bond acceptors (Lipinski definition) is 6. The molecule has 8 nitrogen and oxygen atoms in total. The van der Waals surface area contributed by atoms with Crippen molar-refractivity contribution in [2.75, 3.05) is 7.11 Å². The van der Waals surface area contributed by atoms with Crippen LogP contribution in [-0.2, 0) is 20.9 Å². The molecular weight excluding hydrogens is 338 g/mol. The molecule has 26 heavy (non-hydrogen) atoms. The van der Waals surface area contributed by atoms with Gasteiger partial charge in [-0.2, -0.15) is 5.10 Å². The number of methoxy groups -OCH3 is 1. The summed E-state index contributed by atoms with van der Waals surface area (Å²) in [6.07, 6.45) is 1.34. The lowest BCUT2D eigenvalue weighted by atomic mass is 10.1. The van der Waals surface area contributed by atoms with E-state index < -0.39 is 17.8 Å². The fourth-order valence-electron chi connectivity index (χ4n) is 1.95. The second-order valence-electron chi connectivity index (χ2n) is 5.08. The second kappa shape index (κ2) is 8.97. The van der Waals surface area contributed by atoms with E-state index >= 15 is 0 Å². The van der Waals surface area contributed by atoms with Crippen LogP contribution in [0.3, 0.4) is 0 Å². The van der Waals surface area contributed by atoms with Gasteiger partial charge in [-0.3, -0.25) is 9.59 Å². The highest BCUT2D eigenvalue weighted by Crippen LogP contribution is 2.18. The van der Waals surface area contributed by atoms with Crippen LogP contribution < -0.4 is 15.9 Å². The van der Waals surface area contributed by atoms with Crippen LogP contribution in [0.5, 0.6) is 5.75 Å². The number of nitrogens with zero attached hydrogens (tertiary/aromatic N) is 1. The molecule has 0 aromatic heterocycles. The highest BCUT2D eigenvalue weighted by Gasteiger charge is 2.07. The van der Waals surface area contributed by atoms with E-state index in [1.165, 1.54) is 13.3 Å². The monoisotopic (exact) mass is 355 g/mol. The summed E-state index contributed by atoms with van der Waals surface area (Å²) in [7, 11) is 1.32. The molecule has 0 aliphatic rings. The van der Waals surface area contributed by atoms with Gasteiger partial charge in [0.2, 0.25) is 0 Å². The van der Waals surface area contributed by atoms with Gasteiger partial charge in [-0.1, -0.05) is 24.3 Å². The van der Waals surface area contributed by atoms with Gasteiger partial charge in [0, 0.05) is 5.56 Å². The smallest absolute Gasteiger partial charge is 0.337 e. The Balaban J connectivity index is 2.01. The summed E-state index contributed by atoms with van der Waals surface area (Å²) in [6.45, 7) is 0.264. The van der Waals surface area contributed by atoms with E-state index in [-0.39, 0.29) is 6.61 Å². The molecule has 2 amide bonds. The molecule has 0 radical (unpaired) electrons. The van der Waals surface area contributed by atoms with Crippen LogP contribution in [0.2, 0.25) is 0 Å². The van der Waals surface area contributed by atoms with Gasteiger partial charge in [0.15, 0.2) is 0 Å². The molecule has 0 aliphatic carbocycles. The number of hydrogen-bond donors (Lipinski definition) is 2. The third kappa shape index (κ3) is 5.17. The van der Waals surface area contributed by atoms with E-state index in [4.69, 9.17) is 10.5 Å². The highest BCUT2D eigenvalue weighted by atomic mass is 16.5. The van der Waals surface area contributed by atoms with E-state index in [0.29, 0.717) is 16.9 Å². The Kier molecular flexibility index (Phi) is 6.44. The summed E-state index contributed by atoms with van der Waals surface area (Å²) in [5, 5.41) is 3.66. The zero-order chi connectivity index (χ0) is 18.9. The van der Waals surface area contributed by atoms with E-state index in [1.807, 2.05) is 5.43 Å². The lowest BCUT2D eigenvalue weighted by molar-refractivity contribution is -0.137. The number of esters is 1. The predicted octanol–water partition coefficient (Wildman–Crippen LogP) is 0.988. The quantitative estimate of drug-likeness (QED) is 0.346. The average molecular weight is 355 g/mol. The van der Waals surface area contributed by atoms with Crippen LogP contribution >= 0.6 is 0 Å². The minimum absolute atomic E-state index is 0.264. The number of benzene rings is 2. The zero-order valence-corrected chi connectivity index (χ0v) is 14.0. The highest BCUT2D eigenvalue weighted by molar-refractivity contribution is 6.34. The number of nitrogens with one attached hydrogen (secondary N) is 1. The largest absolute Gasteiger partial charge is 0.488 e. The number of para-hydroxylation sites is 1. The number of rotatable bonds is 6. The minimum atomic E-state index is -1.12. The number of hydrazone groups is 1. The van der Waals surface area contributed by atoms with Crippen molar-refractivity contribution in [1.82, 2.24) is 5.43 Å². The second-order valence-corrected chi connectivity index (χ2v) is 5.08. The van der Waals surface area contributed by atoms with Gasteiger partial charge in [0.25, 0.3) is 0 Å². The first-order chi connectivity index (χ1) is 12.5. The van der Waals surface area contributed by atoms with Crippen molar-refractivity contribution in [2.45, 2.75) is 6.61 Å². The third-order valence-electron chi connectivity index (χ3n) is 3.28. The van der Waals surface area contributed by atoms with Crippen LogP contribution in [0.25, 0.3) is 0 Å². The first-order valence-electron chi connectivity index (χ1n) is 7.53. The SMILES string of the molecule is COC(=O)c1ccc(COc2ccccc2/C=N/NC(=O)C(N)=O)cc1. The number of carbonyl (C=O) groups excluding carboxylic acids is 3. The van der Waals surface area contributed by atoms with Gasteiger partial charge < -0.3 is 15.2 Å². The van der Waals surface area contributed by atoms with Crippen molar-refractivity contribution in [2.24, 2.45) is 10.8 Å². The van der Waals surface area contributed by atoms with Crippen LogP contribution in [-0.4, -0.2) is 31.1 Å². The molecule has 0 heterocycles. The normalized spacial score (nSPS) is 10.3. The number of nitrogens with two attached hydrogens (primary N) is 1. The van der Waals surface area contributed by atoms with Gasteiger partial charge in [-0.15, -0.1) is 0 Å². The molecule has 0 spiro atoms. The maximum absolute atomic E-state index is 11.4. The fraction of sp³-hybridized carbons (Fsp3) is 0.111. The molecule has 0 unspecified atom stereocenters. The molecular formula is C18H17N3O5. The lowest BCUT2D eigenvalue weighted by Crippen LogP contribution is -2.32. The predicted molar refractivity (Wildman–Crippen MR) is 93.5 cm³/mol. The molecule has 0 atom stereocenters. The van der Waals surface area contributed by atoms with Crippen LogP contribution in [0.1, 0.15) is 21.5 Å². The number of primary amides is 1. The maximum Gasteiger partial charge on any atom is 0.337 e. The summed E-state index contributed by atoms with van der Waals surface area (Å²) in [5.41, 5.74) is 8.73. The first-order valence-corrected chi connectivity index (χ1v) is 7.53. The van der Waals surface area contributed by atoms with Crippen LogP contribution in [0.15, 0.2) is 53.6 Å². The average Bonchev–Trinajstić information content (AvgIpc) is 2.66. The standard InChI is InChI=1S/C18H17N3O5/c1-25-18(24)13-8-6-12(7-9-13)11-26-15-5-3-2-4-14(15)10-20-21-17(23)16(19)22/h2-10H,11H2,1H3,(H2,19,22)(H,21,23)/b20-10+. The summed E-state index contributed by atoms with van der Waals surface area (Å²) in [4.78, 5) is 33.1. The molecule has 0 bridgehead atoms. The van der Waals surface area contributed by atoms with Gasteiger partial charge in [0.05, 0.1) is 18.9 Å². The molecule has 0 saturated carbocycles. The topological polar surface area (TPSA) is 120 Å². The van der Waals surface area contributed by atoms with Crippen molar-refractivity contribution < 1.29 is 23.9 Å². The number of carbonyl (C=O) groups is 3. The van der Waals surface area contributed by atoms with Crippen molar-refractivity contribution in [3.05, 3.63) is 65.2 Å². The van der Waals surface area contributed by atoms with Crippen molar-refractivity contribution >= 4 is 24.0 Å². The van der Waals surface area contributed by atoms with Gasteiger partial charge in [-0.25, -0.2) is 10.2 Å². The number of amides is 2. The van der Waals surface area contributed by atoms with E-state index in [2.05, 4.69) is 9.84 Å². The zero-order valence-electron chi connectivity index (χ0n) is 14.0. The van der Waals surface area contributed by atoms with Crippen molar-refractivity contribution in [1.29, 1.82) is 0 Å². The van der Waals surface area contributed by atoms with E-state index in [0.717, 1.165) is 5.56 Å². The van der Waals surface area contributed by atoms with Gasteiger partial charge >= 0.3 is 17.8 Å². The number of ether oxygens (including phenoxy) is 2. The molecule has 0 fully saturated rings. The fourth-order valence-corrected chi connectivity index (χ4v) is 1.95. The molecule has 2 aromatic rings. The summed E-state index contributed by atoms with van der Waals surface area (Å²) >= 11 is 0. The third-order valence-corrected chi connectivity index (χ3v) is 3.28. The van der Waals surface area contributed by atoms with Gasteiger partial charge in [0.1, 0.15) is 12.4 Å². The molecule has 134 valence electrons. The van der Waals surface area contributed by atoms with E-state index in [9.17, 15) is 14.4 Å². The van der Waals surface area contributed by atoms with Crippen LogP contribution in [0.4, 0.5) is 0 Å². The molecule has 0 saturated heterocycles. The summed E-state index contributed by atoms with van der Waals surface area (Å²) in [6, 6.07) is 13.8.